The summed E-state index contributed by atoms with van der Waals surface area (Å²) >= 11 is 7.72. The van der Waals surface area contributed by atoms with Crippen LogP contribution >= 0.6 is 23.4 Å². The number of aryl methyl sites for hydroxylation is 1. The van der Waals surface area contributed by atoms with Gasteiger partial charge in [-0.25, -0.2) is 4.79 Å². The van der Waals surface area contributed by atoms with Crippen LogP contribution in [0.3, 0.4) is 0 Å². The van der Waals surface area contributed by atoms with E-state index in [0.29, 0.717) is 5.56 Å². The number of carboxylic acid groups (broad SMARTS) is 1. The molecule has 0 aromatic heterocycles. The molecule has 0 amide bonds. The average Bonchev–Trinajstić information content (AvgIpc) is 2.37. The highest BCUT2D eigenvalue weighted by Crippen LogP contribution is 2.36. The Kier molecular flexibility index (Phi) is 3.22. The van der Waals surface area contributed by atoms with Crippen molar-refractivity contribution in [2.45, 2.75) is 28.9 Å². The normalized spacial score (nSPS) is 20.5. The van der Waals surface area contributed by atoms with Gasteiger partial charge in [0, 0.05) is 4.90 Å². The molecule has 2 nitrogen and oxygen atoms in total. The van der Waals surface area contributed by atoms with E-state index < -0.39 is 5.97 Å². The molecule has 15 heavy (non-hydrogen) atoms. The quantitative estimate of drug-likeness (QED) is 0.768. The minimum Gasteiger partial charge on any atom is -0.478 e. The molecule has 0 aliphatic carbocycles. The van der Waals surface area contributed by atoms with E-state index in [9.17, 15) is 4.79 Å². The summed E-state index contributed by atoms with van der Waals surface area (Å²) < 4.78 is 0.113. The zero-order chi connectivity index (χ0) is 10.8. The van der Waals surface area contributed by atoms with E-state index in [1.54, 1.807) is 23.9 Å². The van der Waals surface area contributed by atoms with E-state index in [-0.39, 0.29) is 4.71 Å². The summed E-state index contributed by atoms with van der Waals surface area (Å²) in [7, 11) is 0. The Bertz CT molecular complexity index is 392. The molecule has 1 heterocycles. The Balaban J connectivity index is 2.35. The van der Waals surface area contributed by atoms with Gasteiger partial charge in [-0.1, -0.05) is 0 Å². The van der Waals surface area contributed by atoms with Gasteiger partial charge >= 0.3 is 5.97 Å². The van der Waals surface area contributed by atoms with Crippen LogP contribution in [0.4, 0.5) is 0 Å². The zero-order valence-corrected chi connectivity index (χ0v) is 9.64. The number of rotatable bonds is 1. The van der Waals surface area contributed by atoms with Gasteiger partial charge in [-0.2, -0.15) is 0 Å². The number of halogens is 1. The molecule has 0 spiro atoms. The molecule has 0 saturated heterocycles. The SMILES string of the molecule is O=C(O)c1ccc2c(c1)CCCC(Cl)S2. The number of alkyl halides is 1. The lowest BCUT2D eigenvalue weighted by Gasteiger charge is -2.07. The highest BCUT2D eigenvalue weighted by molar-refractivity contribution is 8.01. The van der Waals surface area contributed by atoms with Crippen molar-refractivity contribution in [1.82, 2.24) is 0 Å². The standard InChI is InChI=1S/C11H11ClO2S/c12-10-3-1-2-7-6-8(11(13)14)4-5-9(7)15-10/h4-6,10H,1-3H2,(H,13,14). The Labute approximate surface area is 97.6 Å². The number of carboxylic acids is 1. The topological polar surface area (TPSA) is 37.3 Å². The smallest absolute Gasteiger partial charge is 0.335 e. The van der Waals surface area contributed by atoms with Gasteiger partial charge in [-0.3, -0.25) is 0 Å². The highest BCUT2D eigenvalue weighted by Gasteiger charge is 2.16. The van der Waals surface area contributed by atoms with Crippen LogP contribution in [0.15, 0.2) is 23.1 Å². The van der Waals surface area contributed by atoms with Crippen LogP contribution in [0, 0.1) is 0 Å². The summed E-state index contributed by atoms with van der Waals surface area (Å²) in [6.07, 6.45) is 2.92. The molecular formula is C11H11ClO2S. The van der Waals surface area contributed by atoms with Crippen molar-refractivity contribution in [3.63, 3.8) is 0 Å². The van der Waals surface area contributed by atoms with Crippen LogP contribution in [0.5, 0.6) is 0 Å². The van der Waals surface area contributed by atoms with Gasteiger partial charge < -0.3 is 5.11 Å². The molecule has 1 aromatic rings. The number of hydrogen-bond acceptors (Lipinski definition) is 2. The van der Waals surface area contributed by atoms with E-state index in [2.05, 4.69) is 0 Å². The van der Waals surface area contributed by atoms with Crippen LogP contribution in [0.25, 0.3) is 0 Å². The third-order valence-electron chi connectivity index (χ3n) is 2.44. The summed E-state index contributed by atoms with van der Waals surface area (Å²) in [5.74, 6) is -0.866. The highest BCUT2D eigenvalue weighted by atomic mass is 35.5. The van der Waals surface area contributed by atoms with Crippen molar-refractivity contribution < 1.29 is 9.90 Å². The third kappa shape index (κ3) is 2.47. The third-order valence-corrected chi connectivity index (χ3v) is 4.07. The Morgan fingerprint density at radius 3 is 3.07 bits per heavy atom. The molecule has 0 bridgehead atoms. The van der Waals surface area contributed by atoms with Crippen LogP contribution < -0.4 is 0 Å². The number of fused-ring (bicyclic) bond motifs is 1. The first-order valence-electron chi connectivity index (χ1n) is 4.84. The molecule has 1 aliphatic heterocycles. The van der Waals surface area contributed by atoms with Crippen molar-refractivity contribution in [3.8, 4) is 0 Å². The van der Waals surface area contributed by atoms with Crippen LogP contribution in [0.1, 0.15) is 28.8 Å². The van der Waals surface area contributed by atoms with Crippen molar-refractivity contribution >= 4 is 29.3 Å². The molecule has 1 aliphatic rings. The lowest BCUT2D eigenvalue weighted by atomic mass is 10.1. The molecule has 1 unspecified atom stereocenters. The molecule has 0 saturated carbocycles. The summed E-state index contributed by atoms with van der Waals surface area (Å²) in [5.41, 5.74) is 1.48. The van der Waals surface area contributed by atoms with Crippen LogP contribution in [-0.2, 0) is 6.42 Å². The predicted octanol–water partition coefficient (Wildman–Crippen LogP) is 3.38. The van der Waals surface area contributed by atoms with Gasteiger partial charge in [-0.15, -0.1) is 23.4 Å². The zero-order valence-electron chi connectivity index (χ0n) is 8.07. The van der Waals surface area contributed by atoms with Gasteiger partial charge in [0.25, 0.3) is 0 Å². The van der Waals surface area contributed by atoms with Crippen molar-refractivity contribution in [3.05, 3.63) is 29.3 Å². The fourth-order valence-corrected chi connectivity index (χ4v) is 3.13. The first-order chi connectivity index (χ1) is 7.16. The van der Waals surface area contributed by atoms with Gasteiger partial charge in [-0.05, 0) is 43.0 Å². The number of aromatic carboxylic acids is 1. The van der Waals surface area contributed by atoms with E-state index in [0.717, 1.165) is 29.7 Å². The number of hydrogen-bond donors (Lipinski definition) is 1. The maximum atomic E-state index is 10.8. The second-order valence-corrected chi connectivity index (χ2v) is 5.58. The molecule has 1 atom stereocenters. The molecule has 0 fully saturated rings. The van der Waals surface area contributed by atoms with E-state index >= 15 is 0 Å². The lowest BCUT2D eigenvalue weighted by Crippen LogP contribution is -1.98. The summed E-state index contributed by atoms with van der Waals surface area (Å²) in [5, 5.41) is 8.88. The summed E-state index contributed by atoms with van der Waals surface area (Å²) in [4.78, 5) is 11.9. The van der Waals surface area contributed by atoms with Crippen LogP contribution in [0.2, 0.25) is 0 Å². The second-order valence-electron chi connectivity index (χ2n) is 3.55. The maximum absolute atomic E-state index is 10.8. The molecule has 1 N–H and O–H groups in total. The number of carbonyl (C=O) groups is 1. The van der Waals surface area contributed by atoms with Gasteiger partial charge in [0.15, 0.2) is 0 Å². The van der Waals surface area contributed by atoms with Crippen LogP contribution in [-0.4, -0.2) is 15.8 Å². The molecule has 4 heteroatoms. The van der Waals surface area contributed by atoms with E-state index in [4.69, 9.17) is 16.7 Å². The fourth-order valence-electron chi connectivity index (χ4n) is 1.67. The van der Waals surface area contributed by atoms with Crippen molar-refractivity contribution in [2.24, 2.45) is 0 Å². The molecule has 80 valence electrons. The van der Waals surface area contributed by atoms with Gasteiger partial charge in [0.2, 0.25) is 0 Å². The van der Waals surface area contributed by atoms with E-state index in [1.165, 1.54) is 0 Å². The number of thioether (sulfide) groups is 1. The minimum atomic E-state index is -0.866. The fraction of sp³-hybridized carbons (Fsp3) is 0.364. The van der Waals surface area contributed by atoms with Crippen molar-refractivity contribution in [2.75, 3.05) is 0 Å². The first-order valence-corrected chi connectivity index (χ1v) is 6.15. The Hall–Kier alpha value is -0.670. The second kappa shape index (κ2) is 4.45. The summed E-state index contributed by atoms with van der Waals surface area (Å²) in [6.45, 7) is 0. The molecule has 1 aromatic carbocycles. The van der Waals surface area contributed by atoms with Crippen molar-refractivity contribution in [1.29, 1.82) is 0 Å². The molecular weight excluding hydrogens is 232 g/mol. The monoisotopic (exact) mass is 242 g/mol. The molecule has 2 rings (SSSR count). The van der Waals surface area contributed by atoms with E-state index in [1.807, 2.05) is 6.07 Å². The van der Waals surface area contributed by atoms with Gasteiger partial charge in [0.1, 0.15) is 0 Å². The Morgan fingerprint density at radius 1 is 1.53 bits per heavy atom. The maximum Gasteiger partial charge on any atom is 0.335 e. The Morgan fingerprint density at radius 2 is 2.33 bits per heavy atom. The number of benzene rings is 1. The first kappa shape index (κ1) is 10.8. The largest absolute Gasteiger partial charge is 0.478 e. The predicted molar refractivity (Wildman–Crippen MR) is 61.8 cm³/mol. The molecule has 0 radical (unpaired) electrons. The minimum absolute atomic E-state index is 0.113. The average molecular weight is 243 g/mol. The van der Waals surface area contributed by atoms with Gasteiger partial charge in [0.05, 0.1) is 10.3 Å². The summed E-state index contributed by atoms with van der Waals surface area (Å²) in [6, 6.07) is 5.27. The lowest BCUT2D eigenvalue weighted by molar-refractivity contribution is 0.0696.